The molecule has 6 rings (SSSR count). The molecule has 5 aliphatic rings. The van der Waals surface area contributed by atoms with E-state index in [-0.39, 0.29) is 24.1 Å². The molecule has 1 aromatic rings. The topological polar surface area (TPSA) is 73.9 Å². The van der Waals surface area contributed by atoms with Crippen molar-refractivity contribution >= 4 is 11.9 Å². The maximum atomic E-state index is 13.0. The summed E-state index contributed by atoms with van der Waals surface area (Å²) < 4.78 is 16.3. The first kappa shape index (κ1) is 17.8. The summed E-state index contributed by atoms with van der Waals surface area (Å²) in [5, 5.41) is 2.86. The third kappa shape index (κ3) is 3.12. The fourth-order valence-corrected chi connectivity index (χ4v) is 6.08. The number of ether oxygens (including phenoxy) is 3. The zero-order chi connectivity index (χ0) is 19.3. The number of nitrogens with one attached hydrogen (secondary N) is 1. The quantitative estimate of drug-likeness (QED) is 0.788. The lowest BCUT2D eigenvalue weighted by Crippen LogP contribution is -2.51. The SMILES string of the molecule is CC(OC(=O)C12CC3CC(CC(C3)C1)C2)C(=O)NCc1ccc2c(c1)OCO2. The summed E-state index contributed by atoms with van der Waals surface area (Å²) in [4.78, 5) is 25.4. The minimum absolute atomic E-state index is 0.155. The van der Waals surface area contributed by atoms with E-state index in [0.29, 0.717) is 35.8 Å². The average molecular weight is 385 g/mol. The van der Waals surface area contributed by atoms with Gasteiger partial charge in [-0.15, -0.1) is 0 Å². The number of amides is 1. The van der Waals surface area contributed by atoms with E-state index in [4.69, 9.17) is 14.2 Å². The Labute approximate surface area is 164 Å². The van der Waals surface area contributed by atoms with E-state index in [1.807, 2.05) is 18.2 Å². The van der Waals surface area contributed by atoms with Crippen molar-refractivity contribution in [2.45, 2.75) is 58.1 Å². The predicted octanol–water partition coefficient (Wildman–Crippen LogP) is 3.18. The van der Waals surface area contributed by atoms with Crippen LogP contribution in [0.15, 0.2) is 18.2 Å². The number of hydrogen-bond acceptors (Lipinski definition) is 5. The smallest absolute Gasteiger partial charge is 0.312 e. The molecule has 6 nitrogen and oxygen atoms in total. The van der Waals surface area contributed by atoms with Gasteiger partial charge in [0, 0.05) is 6.54 Å². The molecule has 0 radical (unpaired) electrons. The summed E-state index contributed by atoms with van der Waals surface area (Å²) in [7, 11) is 0. The number of carbonyl (C=O) groups is 2. The Morgan fingerprint density at radius 3 is 2.43 bits per heavy atom. The Balaban J connectivity index is 1.17. The van der Waals surface area contributed by atoms with Crippen molar-refractivity contribution in [3.05, 3.63) is 23.8 Å². The lowest BCUT2D eigenvalue weighted by molar-refractivity contribution is -0.178. The normalized spacial score (nSPS) is 32.8. The van der Waals surface area contributed by atoms with Crippen LogP contribution >= 0.6 is 0 Å². The van der Waals surface area contributed by atoms with Crippen LogP contribution in [0.3, 0.4) is 0 Å². The van der Waals surface area contributed by atoms with Crippen molar-refractivity contribution < 1.29 is 23.8 Å². The van der Waals surface area contributed by atoms with E-state index in [2.05, 4.69) is 5.32 Å². The summed E-state index contributed by atoms with van der Waals surface area (Å²) in [6.45, 7) is 2.24. The number of rotatable bonds is 5. The van der Waals surface area contributed by atoms with Crippen molar-refractivity contribution in [2.75, 3.05) is 6.79 Å². The van der Waals surface area contributed by atoms with Gasteiger partial charge in [0.1, 0.15) is 0 Å². The minimum Gasteiger partial charge on any atom is -0.454 e. The summed E-state index contributed by atoms with van der Waals surface area (Å²) >= 11 is 0. The molecule has 4 saturated carbocycles. The zero-order valence-electron chi connectivity index (χ0n) is 16.2. The maximum Gasteiger partial charge on any atom is 0.312 e. The van der Waals surface area contributed by atoms with Crippen LogP contribution in [-0.4, -0.2) is 24.8 Å². The Bertz CT molecular complexity index is 769. The van der Waals surface area contributed by atoms with E-state index < -0.39 is 6.10 Å². The first-order valence-electron chi connectivity index (χ1n) is 10.4. The standard InChI is InChI=1S/C22H27NO5/c1-13(20(24)23-11-14-2-3-18-19(7-14)27-12-26-18)28-21(25)22-8-15-4-16(9-22)6-17(5-15)10-22/h2-3,7,13,15-17H,4-6,8-12H2,1H3,(H,23,24). The van der Waals surface area contributed by atoms with Crippen molar-refractivity contribution in [2.24, 2.45) is 23.2 Å². The van der Waals surface area contributed by atoms with E-state index in [1.54, 1.807) is 6.92 Å². The molecule has 6 heteroatoms. The van der Waals surface area contributed by atoms with Gasteiger partial charge in [0.2, 0.25) is 6.79 Å². The van der Waals surface area contributed by atoms with Crippen LogP contribution in [0, 0.1) is 23.2 Å². The van der Waals surface area contributed by atoms with Gasteiger partial charge in [0.25, 0.3) is 5.91 Å². The largest absolute Gasteiger partial charge is 0.454 e. The maximum absolute atomic E-state index is 13.0. The van der Waals surface area contributed by atoms with Gasteiger partial charge in [-0.3, -0.25) is 9.59 Å². The second-order valence-corrected chi connectivity index (χ2v) is 9.15. The molecule has 150 valence electrons. The van der Waals surface area contributed by atoms with Gasteiger partial charge in [-0.2, -0.15) is 0 Å². The number of fused-ring (bicyclic) bond motifs is 1. The van der Waals surface area contributed by atoms with Crippen LogP contribution < -0.4 is 14.8 Å². The van der Waals surface area contributed by atoms with Crippen LogP contribution in [-0.2, 0) is 20.9 Å². The van der Waals surface area contributed by atoms with Gasteiger partial charge < -0.3 is 19.5 Å². The van der Waals surface area contributed by atoms with Gasteiger partial charge >= 0.3 is 5.97 Å². The summed E-state index contributed by atoms with van der Waals surface area (Å²) in [6.07, 6.45) is 5.89. The molecular formula is C22H27NO5. The first-order chi connectivity index (χ1) is 13.5. The van der Waals surface area contributed by atoms with Crippen molar-refractivity contribution in [3.8, 4) is 11.5 Å². The molecule has 1 N–H and O–H groups in total. The Morgan fingerprint density at radius 1 is 1.11 bits per heavy atom. The van der Waals surface area contributed by atoms with Gasteiger partial charge in [-0.1, -0.05) is 6.07 Å². The third-order valence-corrected chi connectivity index (χ3v) is 7.03. The average Bonchev–Trinajstić information content (AvgIpc) is 3.12. The molecule has 1 aliphatic heterocycles. The van der Waals surface area contributed by atoms with Crippen LogP contribution in [0.25, 0.3) is 0 Å². The molecule has 4 bridgehead atoms. The van der Waals surface area contributed by atoms with Gasteiger partial charge in [0.15, 0.2) is 17.6 Å². The molecule has 28 heavy (non-hydrogen) atoms. The molecule has 1 unspecified atom stereocenters. The van der Waals surface area contributed by atoms with E-state index in [0.717, 1.165) is 24.8 Å². The second-order valence-electron chi connectivity index (χ2n) is 9.15. The van der Waals surface area contributed by atoms with Crippen molar-refractivity contribution in [3.63, 3.8) is 0 Å². The number of carbonyl (C=O) groups excluding carboxylic acids is 2. The highest BCUT2D eigenvalue weighted by molar-refractivity contribution is 5.85. The fourth-order valence-electron chi connectivity index (χ4n) is 6.08. The highest BCUT2D eigenvalue weighted by Crippen LogP contribution is 2.60. The molecule has 0 saturated heterocycles. The van der Waals surface area contributed by atoms with Gasteiger partial charge in [-0.25, -0.2) is 0 Å². The van der Waals surface area contributed by atoms with E-state index >= 15 is 0 Å². The summed E-state index contributed by atoms with van der Waals surface area (Å²) in [6, 6.07) is 5.58. The van der Waals surface area contributed by atoms with Crippen molar-refractivity contribution in [1.82, 2.24) is 5.32 Å². The van der Waals surface area contributed by atoms with Crippen molar-refractivity contribution in [1.29, 1.82) is 0 Å². The second kappa shape index (κ2) is 6.68. The zero-order valence-corrected chi connectivity index (χ0v) is 16.2. The highest BCUT2D eigenvalue weighted by atomic mass is 16.7. The molecule has 0 aromatic heterocycles. The molecule has 4 fully saturated rings. The molecule has 1 amide bonds. The molecule has 4 aliphatic carbocycles. The van der Waals surface area contributed by atoms with E-state index in [9.17, 15) is 9.59 Å². The number of esters is 1. The molecular weight excluding hydrogens is 358 g/mol. The molecule has 1 aromatic carbocycles. The van der Waals surface area contributed by atoms with Crippen LogP contribution in [0.4, 0.5) is 0 Å². The lowest BCUT2D eigenvalue weighted by Gasteiger charge is -2.55. The lowest BCUT2D eigenvalue weighted by atomic mass is 9.49. The van der Waals surface area contributed by atoms with Crippen LogP contribution in [0.1, 0.15) is 51.0 Å². The Hall–Kier alpha value is -2.24. The summed E-state index contributed by atoms with van der Waals surface area (Å²) in [5.41, 5.74) is 0.581. The van der Waals surface area contributed by atoms with Crippen LogP contribution in [0.2, 0.25) is 0 Å². The van der Waals surface area contributed by atoms with E-state index in [1.165, 1.54) is 19.3 Å². The molecule has 0 spiro atoms. The monoisotopic (exact) mass is 385 g/mol. The molecule has 1 heterocycles. The summed E-state index contributed by atoms with van der Waals surface area (Å²) in [5.74, 6) is 3.01. The Morgan fingerprint density at radius 2 is 1.75 bits per heavy atom. The minimum atomic E-state index is -0.783. The third-order valence-electron chi connectivity index (χ3n) is 7.03. The Kier molecular flexibility index (Phi) is 4.25. The number of benzene rings is 1. The highest BCUT2D eigenvalue weighted by Gasteiger charge is 2.55. The first-order valence-corrected chi connectivity index (χ1v) is 10.4. The number of hydrogen-bond donors (Lipinski definition) is 1. The van der Waals surface area contributed by atoms with Gasteiger partial charge in [0.05, 0.1) is 5.41 Å². The van der Waals surface area contributed by atoms with Gasteiger partial charge in [-0.05, 0) is 80.9 Å². The fraction of sp³-hybridized carbons (Fsp3) is 0.636. The molecule has 1 atom stereocenters. The van der Waals surface area contributed by atoms with Crippen LogP contribution in [0.5, 0.6) is 11.5 Å². The predicted molar refractivity (Wildman–Crippen MR) is 101 cm³/mol.